The second kappa shape index (κ2) is 5.84. The van der Waals surface area contributed by atoms with Gasteiger partial charge in [-0.2, -0.15) is 4.31 Å². The van der Waals surface area contributed by atoms with Crippen molar-refractivity contribution in [1.82, 2.24) is 4.31 Å². The Balaban J connectivity index is 2.29. The second-order valence-electron chi connectivity index (χ2n) is 5.65. The quantitative estimate of drug-likeness (QED) is 0.857. The van der Waals surface area contributed by atoms with Gasteiger partial charge >= 0.3 is 0 Å². The molecular formula is C15H23NO3S. The van der Waals surface area contributed by atoms with Crippen molar-refractivity contribution in [2.24, 2.45) is 0 Å². The summed E-state index contributed by atoms with van der Waals surface area (Å²) >= 11 is 0. The summed E-state index contributed by atoms with van der Waals surface area (Å²) in [5.41, 5.74) is 2.70. The molecule has 1 atom stereocenters. The fraction of sp³-hybridized carbons (Fsp3) is 0.600. The first kappa shape index (κ1) is 15.5. The van der Waals surface area contributed by atoms with Crippen LogP contribution in [0.2, 0.25) is 0 Å². The van der Waals surface area contributed by atoms with Gasteiger partial charge in [-0.1, -0.05) is 17.7 Å². The Hall–Kier alpha value is -0.910. The van der Waals surface area contributed by atoms with Crippen molar-refractivity contribution in [3.05, 3.63) is 28.8 Å². The van der Waals surface area contributed by atoms with Gasteiger partial charge in [0.15, 0.2) is 0 Å². The van der Waals surface area contributed by atoms with E-state index in [2.05, 4.69) is 0 Å². The Morgan fingerprint density at radius 3 is 2.35 bits per heavy atom. The van der Waals surface area contributed by atoms with Gasteiger partial charge in [0.25, 0.3) is 0 Å². The highest BCUT2D eigenvalue weighted by Crippen LogP contribution is 2.25. The van der Waals surface area contributed by atoms with E-state index in [9.17, 15) is 8.42 Å². The number of sulfonamides is 1. The van der Waals surface area contributed by atoms with E-state index in [4.69, 9.17) is 4.74 Å². The lowest BCUT2D eigenvalue weighted by Crippen LogP contribution is -2.34. The van der Waals surface area contributed by atoms with Gasteiger partial charge in [0.2, 0.25) is 10.0 Å². The lowest BCUT2D eigenvalue weighted by Gasteiger charge is -2.22. The zero-order valence-corrected chi connectivity index (χ0v) is 13.5. The molecule has 0 radical (unpaired) electrons. The highest BCUT2D eigenvalue weighted by atomic mass is 32.2. The summed E-state index contributed by atoms with van der Waals surface area (Å²) < 4.78 is 32.4. The summed E-state index contributed by atoms with van der Waals surface area (Å²) in [6.45, 7) is 6.85. The lowest BCUT2D eigenvalue weighted by molar-refractivity contribution is 0.0978. The summed E-state index contributed by atoms with van der Waals surface area (Å²) in [7, 11) is -1.82. The Morgan fingerprint density at radius 1 is 1.25 bits per heavy atom. The Kier molecular flexibility index (Phi) is 4.52. The number of hydrogen-bond donors (Lipinski definition) is 0. The molecule has 1 saturated heterocycles. The van der Waals surface area contributed by atoms with Crippen LogP contribution in [0.5, 0.6) is 0 Å². The number of nitrogens with zero attached hydrogens (tertiary/aromatic N) is 1. The van der Waals surface area contributed by atoms with Crippen molar-refractivity contribution in [3.63, 3.8) is 0 Å². The molecule has 4 nitrogen and oxygen atoms in total. The number of ether oxygens (including phenoxy) is 1. The van der Waals surface area contributed by atoms with Gasteiger partial charge in [0, 0.05) is 20.2 Å². The van der Waals surface area contributed by atoms with E-state index in [-0.39, 0.29) is 6.10 Å². The van der Waals surface area contributed by atoms with Crippen LogP contribution in [0.1, 0.15) is 29.5 Å². The van der Waals surface area contributed by atoms with Crippen LogP contribution in [0.25, 0.3) is 0 Å². The SMILES string of the molecule is Cc1cc(C)c(S(=O)(=O)N(C)CC2CCCO2)c(C)c1. The fourth-order valence-electron chi connectivity index (χ4n) is 2.90. The Morgan fingerprint density at radius 2 is 1.85 bits per heavy atom. The number of benzene rings is 1. The maximum atomic E-state index is 12.7. The predicted octanol–water partition coefficient (Wildman–Crippen LogP) is 2.41. The average molecular weight is 297 g/mol. The van der Waals surface area contributed by atoms with E-state index in [0.29, 0.717) is 11.4 Å². The van der Waals surface area contributed by atoms with E-state index in [1.54, 1.807) is 7.05 Å². The van der Waals surface area contributed by atoms with Crippen LogP contribution in [0, 0.1) is 20.8 Å². The third-order valence-corrected chi connectivity index (χ3v) is 5.89. The molecule has 0 amide bonds. The minimum absolute atomic E-state index is 0.0286. The van der Waals surface area contributed by atoms with Gasteiger partial charge in [-0.15, -0.1) is 0 Å². The summed E-state index contributed by atoms with van der Waals surface area (Å²) in [6, 6.07) is 3.83. The topological polar surface area (TPSA) is 46.6 Å². The van der Waals surface area contributed by atoms with Gasteiger partial charge in [0.1, 0.15) is 0 Å². The van der Waals surface area contributed by atoms with Crippen molar-refractivity contribution < 1.29 is 13.2 Å². The summed E-state index contributed by atoms with van der Waals surface area (Å²) in [6.07, 6.45) is 1.98. The number of hydrogen-bond acceptors (Lipinski definition) is 3. The van der Waals surface area contributed by atoms with Crippen LogP contribution >= 0.6 is 0 Å². The zero-order valence-electron chi connectivity index (χ0n) is 12.6. The van der Waals surface area contributed by atoms with Crippen LogP contribution in [-0.4, -0.2) is 39.0 Å². The minimum Gasteiger partial charge on any atom is -0.377 e. The van der Waals surface area contributed by atoms with Crippen molar-refractivity contribution >= 4 is 10.0 Å². The summed E-state index contributed by atoms with van der Waals surface area (Å²) in [5, 5.41) is 0. The van der Waals surface area contributed by atoms with E-state index < -0.39 is 10.0 Å². The predicted molar refractivity (Wildman–Crippen MR) is 79.4 cm³/mol. The number of likely N-dealkylation sites (N-methyl/N-ethyl adjacent to an activating group) is 1. The molecule has 0 saturated carbocycles. The van der Waals surface area contributed by atoms with Gasteiger partial charge < -0.3 is 4.74 Å². The summed E-state index contributed by atoms with van der Waals surface area (Å²) in [5.74, 6) is 0. The maximum Gasteiger partial charge on any atom is 0.243 e. The van der Waals surface area contributed by atoms with Crippen molar-refractivity contribution in [2.75, 3.05) is 20.2 Å². The van der Waals surface area contributed by atoms with Crippen LogP contribution in [0.15, 0.2) is 17.0 Å². The number of aryl methyl sites for hydroxylation is 3. The largest absolute Gasteiger partial charge is 0.377 e. The molecule has 1 aliphatic rings. The molecule has 0 bridgehead atoms. The molecule has 0 aromatic heterocycles. The van der Waals surface area contributed by atoms with Crippen LogP contribution in [0.3, 0.4) is 0 Å². The van der Waals surface area contributed by atoms with Gasteiger partial charge in [-0.25, -0.2) is 8.42 Å². The Bertz CT molecular complexity index is 566. The molecule has 1 aromatic rings. The van der Waals surface area contributed by atoms with E-state index in [1.165, 1.54) is 4.31 Å². The van der Waals surface area contributed by atoms with Gasteiger partial charge in [0.05, 0.1) is 11.0 Å². The molecule has 0 N–H and O–H groups in total. The van der Waals surface area contributed by atoms with E-state index >= 15 is 0 Å². The first-order chi connectivity index (χ1) is 9.32. The monoisotopic (exact) mass is 297 g/mol. The van der Waals surface area contributed by atoms with Crippen molar-refractivity contribution in [3.8, 4) is 0 Å². The molecule has 0 spiro atoms. The van der Waals surface area contributed by atoms with Crippen LogP contribution in [0.4, 0.5) is 0 Å². The molecule has 1 aliphatic heterocycles. The lowest BCUT2D eigenvalue weighted by atomic mass is 10.1. The highest BCUT2D eigenvalue weighted by molar-refractivity contribution is 7.89. The number of rotatable bonds is 4. The van der Waals surface area contributed by atoms with Crippen molar-refractivity contribution in [2.45, 2.75) is 44.6 Å². The van der Waals surface area contributed by atoms with Gasteiger partial charge in [-0.05, 0) is 44.7 Å². The van der Waals surface area contributed by atoms with Crippen LogP contribution < -0.4 is 0 Å². The van der Waals surface area contributed by atoms with E-state index in [1.807, 2.05) is 32.9 Å². The molecular weight excluding hydrogens is 274 g/mol. The first-order valence-electron chi connectivity index (χ1n) is 6.98. The molecule has 2 rings (SSSR count). The first-order valence-corrected chi connectivity index (χ1v) is 8.42. The maximum absolute atomic E-state index is 12.7. The smallest absolute Gasteiger partial charge is 0.243 e. The highest BCUT2D eigenvalue weighted by Gasteiger charge is 2.28. The molecule has 112 valence electrons. The zero-order chi connectivity index (χ0) is 14.9. The molecule has 20 heavy (non-hydrogen) atoms. The van der Waals surface area contributed by atoms with E-state index in [0.717, 1.165) is 36.1 Å². The van der Waals surface area contributed by atoms with Crippen molar-refractivity contribution in [1.29, 1.82) is 0 Å². The second-order valence-corrected chi connectivity index (χ2v) is 7.63. The third kappa shape index (κ3) is 3.05. The molecule has 0 aliphatic carbocycles. The molecule has 5 heteroatoms. The third-order valence-electron chi connectivity index (χ3n) is 3.76. The Labute approximate surface area is 121 Å². The van der Waals surface area contributed by atoms with Crippen LogP contribution in [-0.2, 0) is 14.8 Å². The fourth-order valence-corrected chi connectivity index (χ4v) is 4.51. The molecule has 1 aromatic carbocycles. The molecule has 1 heterocycles. The average Bonchev–Trinajstić information content (AvgIpc) is 2.79. The molecule has 1 unspecified atom stereocenters. The van der Waals surface area contributed by atoms with Gasteiger partial charge in [-0.3, -0.25) is 0 Å². The summed E-state index contributed by atoms with van der Waals surface area (Å²) in [4.78, 5) is 0.434. The standard InChI is InChI=1S/C15H23NO3S/c1-11-8-12(2)15(13(3)9-11)20(17,18)16(4)10-14-6-5-7-19-14/h8-9,14H,5-7,10H2,1-4H3. The normalized spacial score (nSPS) is 19.8. The minimum atomic E-state index is -3.45. The molecule has 1 fully saturated rings.